The van der Waals surface area contributed by atoms with Crippen LogP contribution in [0.1, 0.15) is 11.1 Å². The zero-order valence-corrected chi connectivity index (χ0v) is 14.8. The Labute approximate surface area is 157 Å². The quantitative estimate of drug-likeness (QED) is 0.526. The third-order valence-electron chi connectivity index (χ3n) is 3.82. The second-order valence-electron chi connectivity index (χ2n) is 5.94. The topological polar surface area (TPSA) is 64.6 Å². The number of rotatable bonds is 5. The molecule has 0 heterocycles. The molecule has 0 bridgehead atoms. The minimum Gasteiger partial charge on any atom is -0.426 e. The Morgan fingerprint density at radius 1 is 0.815 bits per heavy atom. The number of anilines is 1. The van der Waals surface area contributed by atoms with Gasteiger partial charge < -0.3 is 9.47 Å². The highest BCUT2D eigenvalue weighted by Crippen LogP contribution is 2.19. The molecule has 27 heavy (non-hydrogen) atoms. The van der Waals surface area contributed by atoms with Crippen molar-refractivity contribution in [2.45, 2.75) is 13.3 Å². The van der Waals surface area contributed by atoms with Crippen molar-refractivity contribution in [3.05, 3.63) is 90.0 Å². The fourth-order valence-corrected chi connectivity index (χ4v) is 2.47. The number of ether oxygens (including phenoxy) is 2. The first-order chi connectivity index (χ1) is 13.1. The highest BCUT2D eigenvalue weighted by molar-refractivity contribution is 5.87. The normalized spacial score (nSPS) is 10.1. The summed E-state index contributed by atoms with van der Waals surface area (Å²) in [5, 5.41) is 2.71. The summed E-state index contributed by atoms with van der Waals surface area (Å²) >= 11 is 0. The third-order valence-corrected chi connectivity index (χ3v) is 3.82. The third kappa shape index (κ3) is 5.44. The zero-order valence-electron chi connectivity index (χ0n) is 14.8. The molecule has 136 valence electrons. The minimum absolute atomic E-state index is 0.0948. The zero-order chi connectivity index (χ0) is 19.1. The molecule has 5 heteroatoms. The first-order valence-corrected chi connectivity index (χ1v) is 8.49. The highest BCUT2D eigenvalue weighted by atomic mass is 16.6. The van der Waals surface area contributed by atoms with Crippen molar-refractivity contribution in [2.75, 3.05) is 5.32 Å². The summed E-state index contributed by atoms with van der Waals surface area (Å²) < 4.78 is 10.5. The maximum absolute atomic E-state index is 12.1. The van der Waals surface area contributed by atoms with Crippen LogP contribution in [0.25, 0.3) is 0 Å². The molecule has 5 nitrogen and oxygen atoms in total. The maximum Gasteiger partial charge on any atom is 0.417 e. The summed E-state index contributed by atoms with van der Waals surface area (Å²) in [6.45, 7) is 1.87. The summed E-state index contributed by atoms with van der Waals surface area (Å²) in [6, 6.07) is 23.1. The number of hydrogen-bond donors (Lipinski definition) is 1. The van der Waals surface area contributed by atoms with Crippen molar-refractivity contribution in [3.8, 4) is 11.5 Å². The van der Waals surface area contributed by atoms with Gasteiger partial charge in [0.2, 0.25) is 0 Å². The average Bonchev–Trinajstić information content (AvgIpc) is 2.66. The van der Waals surface area contributed by atoms with Gasteiger partial charge in [-0.25, -0.2) is 4.79 Å². The van der Waals surface area contributed by atoms with Gasteiger partial charge in [-0.05, 0) is 48.4 Å². The summed E-state index contributed by atoms with van der Waals surface area (Å²) in [7, 11) is 0. The number of carbonyl (C=O) groups excluding carboxylic acids is 2. The van der Waals surface area contributed by atoms with E-state index in [9.17, 15) is 9.59 Å². The molecule has 0 saturated heterocycles. The average molecular weight is 361 g/mol. The Morgan fingerprint density at radius 2 is 1.41 bits per heavy atom. The van der Waals surface area contributed by atoms with Crippen LogP contribution >= 0.6 is 0 Å². The molecular formula is C22H19NO4. The SMILES string of the molecule is Cc1ccc(CC(=O)Oc2ccccc2)cc1NC(=O)Oc1ccccc1. The van der Waals surface area contributed by atoms with E-state index in [0.717, 1.165) is 11.1 Å². The predicted octanol–water partition coefficient (Wildman–Crippen LogP) is 4.75. The Morgan fingerprint density at radius 3 is 2.04 bits per heavy atom. The molecule has 3 aromatic carbocycles. The lowest BCUT2D eigenvalue weighted by Gasteiger charge is -2.11. The van der Waals surface area contributed by atoms with Crippen LogP contribution < -0.4 is 14.8 Å². The van der Waals surface area contributed by atoms with E-state index in [1.807, 2.05) is 31.2 Å². The molecule has 0 spiro atoms. The molecule has 0 aliphatic rings. The fraction of sp³-hybridized carbons (Fsp3) is 0.0909. The standard InChI is InChI=1S/C22H19NO4/c1-16-12-13-17(15-21(24)26-18-8-4-2-5-9-18)14-20(16)23-22(25)27-19-10-6-3-7-11-19/h2-14H,15H2,1H3,(H,23,25). The van der Waals surface area contributed by atoms with Gasteiger partial charge in [-0.1, -0.05) is 48.5 Å². The number of amides is 1. The lowest BCUT2D eigenvalue weighted by molar-refractivity contribution is -0.133. The number of aryl methyl sites for hydroxylation is 1. The van der Waals surface area contributed by atoms with E-state index in [1.54, 1.807) is 54.6 Å². The molecule has 0 aliphatic carbocycles. The molecule has 0 fully saturated rings. The van der Waals surface area contributed by atoms with Crippen molar-refractivity contribution in [1.82, 2.24) is 0 Å². The molecule has 0 aliphatic heterocycles. The maximum atomic E-state index is 12.1. The van der Waals surface area contributed by atoms with Crippen LogP contribution in [0.5, 0.6) is 11.5 Å². The Bertz CT molecular complexity index is 924. The van der Waals surface area contributed by atoms with E-state index in [-0.39, 0.29) is 12.4 Å². The summed E-state index contributed by atoms with van der Waals surface area (Å²) in [4.78, 5) is 24.2. The number of para-hydroxylation sites is 2. The van der Waals surface area contributed by atoms with Crippen molar-refractivity contribution in [3.63, 3.8) is 0 Å². The van der Waals surface area contributed by atoms with Crippen LogP contribution in [-0.2, 0) is 11.2 Å². The number of benzene rings is 3. The van der Waals surface area contributed by atoms with Gasteiger partial charge >= 0.3 is 12.1 Å². The molecule has 0 atom stereocenters. The van der Waals surface area contributed by atoms with E-state index in [4.69, 9.17) is 9.47 Å². The van der Waals surface area contributed by atoms with Crippen LogP contribution in [0, 0.1) is 6.92 Å². The predicted molar refractivity (Wildman–Crippen MR) is 103 cm³/mol. The van der Waals surface area contributed by atoms with E-state index in [0.29, 0.717) is 17.2 Å². The molecular weight excluding hydrogens is 342 g/mol. The van der Waals surface area contributed by atoms with Crippen molar-refractivity contribution >= 4 is 17.7 Å². The Hall–Kier alpha value is -3.60. The van der Waals surface area contributed by atoms with Crippen LogP contribution in [0.2, 0.25) is 0 Å². The molecule has 0 unspecified atom stereocenters. The second kappa shape index (κ2) is 8.67. The Kier molecular flexibility index (Phi) is 5.84. The summed E-state index contributed by atoms with van der Waals surface area (Å²) in [5.41, 5.74) is 2.18. The molecule has 3 rings (SSSR count). The van der Waals surface area contributed by atoms with E-state index < -0.39 is 6.09 Å². The monoisotopic (exact) mass is 361 g/mol. The van der Waals surface area contributed by atoms with E-state index >= 15 is 0 Å². The van der Waals surface area contributed by atoms with Crippen LogP contribution in [0.15, 0.2) is 78.9 Å². The summed E-state index contributed by atoms with van der Waals surface area (Å²) in [5.74, 6) is 0.581. The van der Waals surface area contributed by atoms with Gasteiger partial charge in [0.05, 0.1) is 6.42 Å². The van der Waals surface area contributed by atoms with Gasteiger partial charge in [0.15, 0.2) is 0 Å². The highest BCUT2D eigenvalue weighted by Gasteiger charge is 2.11. The molecule has 0 saturated carbocycles. The largest absolute Gasteiger partial charge is 0.426 e. The number of nitrogens with one attached hydrogen (secondary N) is 1. The number of esters is 1. The van der Waals surface area contributed by atoms with Crippen LogP contribution in [0.3, 0.4) is 0 Å². The van der Waals surface area contributed by atoms with Crippen LogP contribution in [0.4, 0.5) is 10.5 Å². The number of hydrogen-bond acceptors (Lipinski definition) is 4. The van der Waals surface area contributed by atoms with Crippen molar-refractivity contribution < 1.29 is 19.1 Å². The van der Waals surface area contributed by atoms with E-state index in [2.05, 4.69) is 5.32 Å². The lowest BCUT2D eigenvalue weighted by atomic mass is 10.1. The molecule has 3 aromatic rings. The van der Waals surface area contributed by atoms with Crippen molar-refractivity contribution in [2.24, 2.45) is 0 Å². The summed E-state index contributed by atoms with van der Waals surface area (Å²) in [6.07, 6.45) is -0.495. The molecule has 1 N–H and O–H groups in total. The lowest BCUT2D eigenvalue weighted by Crippen LogP contribution is -2.18. The van der Waals surface area contributed by atoms with Gasteiger partial charge in [0, 0.05) is 5.69 Å². The fourth-order valence-electron chi connectivity index (χ4n) is 2.47. The van der Waals surface area contributed by atoms with Gasteiger partial charge in [-0.15, -0.1) is 0 Å². The van der Waals surface area contributed by atoms with Crippen molar-refractivity contribution in [1.29, 1.82) is 0 Å². The minimum atomic E-state index is -0.590. The first kappa shape index (κ1) is 18.2. The van der Waals surface area contributed by atoms with Gasteiger partial charge in [0.25, 0.3) is 0 Å². The van der Waals surface area contributed by atoms with Crippen LogP contribution in [-0.4, -0.2) is 12.1 Å². The number of carbonyl (C=O) groups is 2. The van der Waals surface area contributed by atoms with E-state index in [1.165, 1.54) is 0 Å². The van der Waals surface area contributed by atoms with Gasteiger partial charge in [0.1, 0.15) is 11.5 Å². The smallest absolute Gasteiger partial charge is 0.417 e. The van der Waals surface area contributed by atoms with Gasteiger partial charge in [-0.2, -0.15) is 0 Å². The molecule has 0 radical (unpaired) electrons. The second-order valence-corrected chi connectivity index (χ2v) is 5.94. The Balaban J connectivity index is 1.63. The molecule has 1 amide bonds. The first-order valence-electron chi connectivity index (χ1n) is 8.49. The van der Waals surface area contributed by atoms with Gasteiger partial charge in [-0.3, -0.25) is 10.1 Å². The molecule has 0 aromatic heterocycles.